The predicted octanol–water partition coefficient (Wildman–Crippen LogP) is 3.29. The van der Waals surface area contributed by atoms with Crippen molar-refractivity contribution in [2.75, 3.05) is 6.61 Å². The lowest BCUT2D eigenvalue weighted by Crippen LogP contribution is -1.97. The highest BCUT2D eigenvalue weighted by molar-refractivity contribution is 5.96. The van der Waals surface area contributed by atoms with Crippen LogP contribution in [0.2, 0.25) is 0 Å². The van der Waals surface area contributed by atoms with Crippen LogP contribution in [-0.4, -0.2) is 12.4 Å². The summed E-state index contributed by atoms with van der Waals surface area (Å²) < 4.78 is 5.28. The Hall–Kier alpha value is -1.57. The maximum absolute atomic E-state index is 11.4. The standard InChI is InChI=1S/C13H16O2/c1-4-13(14)12-8-6-11(7-9-12)10(3)15-5-2/h6-9H,3-5H2,1-2H3. The van der Waals surface area contributed by atoms with E-state index in [2.05, 4.69) is 6.58 Å². The Morgan fingerprint density at radius 3 is 2.20 bits per heavy atom. The highest BCUT2D eigenvalue weighted by Crippen LogP contribution is 2.15. The van der Waals surface area contributed by atoms with E-state index < -0.39 is 0 Å². The van der Waals surface area contributed by atoms with Crippen molar-refractivity contribution in [3.8, 4) is 0 Å². The molecule has 0 aliphatic heterocycles. The Morgan fingerprint density at radius 2 is 1.73 bits per heavy atom. The van der Waals surface area contributed by atoms with Gasteiger partial charge in [-0.1, -0.05) is 37.8 Å². The summed E-state index contributed by atoms with van der Waals surface area (Å²) in [6.45, 7) is 8.18. The molecular formula is C13H16O2. The van der Waals surface area contributed by atoms with Gasteiger partial charge in [-0.3, -0.25) is 4.79 Å². The second-order valence-corrected chi connectivity index (χ2v) is 3.21. The molecule has 0 bridgehead atoms. The van der Waals surface area contributed by atoms with Crippen molar-refractivity contribution in [3.05, 3.63) is 42.0 Å². The summed E-state index contributed by atoms with van der Waals surface area (Å²) >= 11 is 0. The molecule has 15 heavy (non-hydrogen) atoms. The Bertz CT molecular complexity index is 349. The van der Waals surface area contributed by atoms with E-state index in [1.54, 1.807) is 0 Å². The van der Waals surface area contributed by atoms with Gasteiger partial charge in [0, 0.05) is 17.5 Å². The van der Waals surface area contributed by atoms with Gasteiger partial charge in [-0.05, 0) is 6.92 Å². The SMILES string of the molecule is C=C(OCC)c1ccc(C(=O)CC)cc1. The molecule has 80 valence electrons. The molecule has 2 nitrogen and oxygen atoms in total. The van der Waals surface area contributed by atoms with Crippen molar-refractivity contribution in [3.63, 3.8) is 0 Å². The van der Waals surface area contributed by atoms with Crippen LogP contribution in [0.5, 0.6) is 0 Å². The second-order valence-electron chi connectivity index (χ2n) is 3.21. The van der Waals surface area contributed by atoms with Crippen LogP contribution in [0, 0.1) is 0 Å². The molecule has 0 aromatic heterocycles. The second kappa shape index (κ2) is 5.35. The van der Waals surface area contributed by atoms with Gasteiger partial charge in [0.15, 0.2) is 5.78 Å². The van der Waals surface area contributed by atoms with Crippen LogP contribution in [0.4, 0.5) is 0 Å². The fraction of sp³-hybridized carbons (Fsp3) is 0.308. The quantitative estimate of drug-likeness (QED) is 0.543. The molecule has 0 N–H and O–H groups in total. The van der Waals surface area contributed by atoms with E-state index in [-0.39, 0.29) is 5.78 Å². The van der Waals surface area contributed by atoms with Crippen molar-refractivity contribution in [2.24, 2.45) is 0 Å². The summed E-state index contributed by atoms with van der Waals surface area (Å²) in [6.07, 6.45) is 0.533. The first-order valence-electron chi connectivity index (χ1n) is 5.14. The smallest absolute Gasteiger partial charge is 0.162 e. The fourth-order valence-corrected chi connectivity index (χ4v) is 1.30. The Labute approximate surface area is 90.6 Å². The first kappa shape index (κ1) is 11.5. The van der Waals surface area contributed by atoms with Crippen molar-refractivity contribution in [1.29, 1.82) is 0 Å². The van der Waals surface area contributed by atoms with Gasteiger partial charge < -0.3 is 4.74 Å². The molecule has 1 aromatic carbocycles. The monoisotopic (exact) mass is 204 g/mol. The van der Waals surface area contributed by atoms with Crippen LogP contribution < -0.4 is 0 Å². The van der Waals surface area contributed by atoms with E-state index in [0.717, 1.165) is 11.1 Å². The van der Waals surface area contributed by atoms with Gasteiger partial charge in [0.2, 0.25) is 0 Å². The topological polar surface area (TPSA) is 26.3 Å². The lowest BCUT2D eigenvalue weighted by molar-refractivity contribution is 0.0988. The third-order valence-corrected chi connectivity index (χ3v) is 2.17. The molecule has 0 radical (unpaired) electrons. The third-order valence-electron chi connectivity index (χ3n) is 2.17. The fourth-order valence-electron chi connectivity index (χ4n) is 1.30. The summed E-state index contributed by atoms with van der Waals surface area (Å²) in [5.74, 6) is 0.802. The van der Waals surface area contributed by atoms with Crippen molar-refractivity contribution >= 4 is 11.5 Å². The summed E-state index contributed by atoms with van der Waals surface area (Å²) in [6, 6.07) is 7.35. The van der Waals surface area contributed by atoms with Crippen LogP contribution >= 0.6 is 0 Å². The molecule has 0 atom stereocenters. The lowest BCUT2D eigenvalue weighted by atomic mass is 10.1. The normalized spacial score (nSPS) is 9.73. The minimum atomic E-state index is 0.156. The molecule has 1 rings (SSSR count). The van der Waals surface area contributed by atoms with E-state index in [0.29, 0.717) is 18.8 Å². The van der Waals surface area contributed by atoms with Gasteiger partial charge in [-0.25, -0.2) is 0 Å². The molecule has 0 unspecified atom stereocenters. The molecule has 0 fully saturated rings. The number of benzene rings is 1. The van der Waals surface area contributed by atoms with E-state index in [9.17, 15) is 4.79 Å². The number of Topliss-reactive ketones (excluding diaryl/α,β-unsaturated/α-hetero) is 1. The molecule has 0 saturated carbocycles. The molecule has 0 aliphatic rings. The van der Waals surface area contributed by atoms with E-state index >= 15 is 0 Å². The molecule has 1 aromatic rings. The molecule has 0 aliphatic carbocycles. The summed E-state index contributed by atoms with van der Waals surface area (Å²) in [5, 5.41) is 0. The highest BCUT2D eigenvalue weighted by Gasteiger charge is 2.04. The molecular weight excluding hydrogens is 188 g/mol. The average molecular weight is 204 g/mol. The number of ketones is 1. The van der Waals surface area contributed by atoms with Gasteiger partial charge in [-0.15, -0.1) is 0 Å². The van der Waals surface area contributed by atoms with Crippen LogP contribution in [0.25, 0.3) is 5.76 Å². The van der Waals surface area contributed by atoms with Crippen LogP contribution in [-0.2, 0) is 4.74 Å². The van der Waals surface area contributed by atoms with Crippen LogP contribution in [0.3, 0.4) is 0 Å². The van der Waals surface area contributed by atoms with Crippen molar-refractivity contribution < 1.29 is 9.53 Å². The molecule has 0 heterocycles. The van der Waals surface area contributed by atoms with E-state index in [1.807, 2.05) is 38.1 Å². The largest absolute Gasteiger partial charge is 0.494 e. The van der Waals surface area contributed by atoms with Crippen molar-refractivity contribution in [2.45, 2.75) is 20.3 Å². The minimum Gasteiger partial charge on any atom is -0.494 e. The van der Waals surface area contributed by atoms with E-state index in [4.69, 9.17) is 4.74 Å². The Morgan fingerprint density at radius 1 is 1.20 bits per heavy atom. The number of hydrogen-bond acceptors (Lipinski definition) is 2. The minimum absolute atomic E-state index is 0.156. The van der Waals surface area contributed by atoms with Crippen molar-refractivity contribution in [1.82, 2.24) is 0 Å². The number of hydrogen-bond donors (Lipinski definition) is 0. The number of carbonyl (C=O) groups excluding carboxylic acids is 1. The first-order valence-corrected chi connectivity index (χ1v) is 5.14. The van der Waals surface area contributed by atoms with E-state index in [1.165, 1.54) is 0 Å². The maximum Gasteiger partial charge on any atom is 0.162 e. The van der Waals surface area contributed by atoms with Gasteiger partial charge >= 0.3 is 0 Å². The number of ether oxygens (including phenoxy) is 1. The zero-order chi connectivity index (χ0) is 11.3. The van der Waals surface area contributed by atoms with Crippen LogP contribution in [0.15, 0.2) is 30.8 Å². The zero-order valence-electron chi connectivity index (χ0n) is 9.25. The predicted molar refractivity (Wildman–Crippen MR) is 61.7 cm³/mol. The average Bonchev–Trinajstić information content (AvgIpc) is 2.28. The summed E-state index contributed by atoms with van der Waals surface area (Å²) in [4.78, 5) is 11.4. The molecule has 0 saturated heterocycles. The van der Waals surface area contributed by atoms with Gasteiger partial charge in [0.1, 0.15) is 5.76 Å². The highest BCUT2D eigenvalue weighted by atomic mass is 16.5. The maximum atomic E-state index is 11.4. The Balaban J connectivity index is 2.80. The molecule has 0 amide bonds. The van der Waals surface area contributed by atoms with Gasteiger partial charge in [0.05, 0.1) is 6.61 Å². The zero-order valence-corrected chi connectivity index (χ0v) is 9.25. The summed E-state index contributed by atoms with van der Waals surface area (Å²) in [7, 11) is 0. The van der Waals surface area contributed by atoms with Crippen LogP contribution in [0.1, 0.15) is 36.2 Å². The lowest BCUT2D eigenvalue weighted by Gasteiger charge is -2.07. The van der Waals surface area contributed by atoms with Gasteiger partial charge in [-0.2, -0.15) is 0 Å². The number of rotatable bonds is 5. The third kappa shape index (κ3) is 2.94. The number of carbonyl (C=O) groups is 1. The van der Waals surface area contributed by atoms with Gasteiger partial charge in [0.25, 0.3) is 0 Å². The summed E-state index contributed by atoms with van der Waals surface area (Å²) in [5.41, 5.74) is 1.66. The molecule has 2 heteroatoms. The first-order chi connectivity index (χ1) is 7.19. The Kier molecular flexibility index (Phi) is 4.10. The molecule has 0 spiro atoms.